The number of likely N-dealkylation sites (N-methyl/N-ethyl adjacent to an activating group) is 1. The summed E-state index contributed by atoms with van der Waals surface area (Å²) in [4.78, 5) is 4.55. The van der Waals surface area contributed by atoms with Crippen molar-refractivity contribution in [1.82, 2.24) is 15.5 Å². The monoisotopic (exact) mass is 223 g/mol. The summed E-state index contributed by atoms with van der Waals surface area (Å²) >= 11 is 0. The Labute approximate surface area is 96.8 Å². The second-order valence-corrected chi connectivity index (χ2v) is 4.90. The molecule has 4 atom stereocenters. The summed E-state index contributed by atoms with van der Waals surface area (Å²) in [5.41, 5.74) is 0. The Morgan fingerprint density at radius 2 is 2.25 bits per heavy atom. The molecule has 2 rings (SSSR count). The molecule has 1 aliphatic carbocycles. The van der Waals surface area contributed by atoms with Gasteiger partial charge < -0.3 is 9.84 Å². The van der Waals surface area contributed by atoms with Crippen molar-refractivity contribution in [3.8, 4) is 0 Å². The van der Waals surface area contributed by atoms with Gasteiger partial charge in [-0.3, -0.25) is 0 Å². The Morgan fingerprint density at radius 3 is 2.75 bits per heavy atom. The molecule has 0 amide bonds. The first-order chi connectivity index (χ1) is 7.67. The van der Waals surface area contributed by atoms with Gasteiger partial charge in [0.15, 0.2) is 5.82 Å². The zero-order valence-corrected chi connectivity index (χ0v) is 10.5. The fourth-order valence-electron chi connectivity index (χ4n) is 2.17. The van der Waals surface area contributed by atoms with Crippen LogP contribution in [0, 0.1) is 5.92 Å². The van der Waals surface area contributed by atoms with Gasteiger partial charge in [-0.25, -0.2) is 0 Å². The number of hydrogen-bond acceptors (Lipinski definition) is 4. The third-order valence-corrected chi connectivity index (χ3v) is 3.71. The predicted molar refractivity (Wildman–Crippen MR) is 62.4 cm³/mol. The zero-order valence-electron chi connectivity index (χ0n) is 10.5. The molecule has 4 nitrogen and oxygen atoms in total. The lowest BCUT2D eigenvalue weighted by Crippen LogP contribution is -2.28. The lowest BCUT2D eigenvalue weighted by Gasteiger charge is -2.17. The third-order valence-electron chi connectivity index (χ3n) is 3.71. The summed E-state index contributed by atoms with van der Waals surface area (Å²) in [6.45, 7) is 6.54. The summed E-state index contributed by atoms with van der Waals surface area (Å²) < 4.78 is 5.39. The molecule has 1 aromatic heterocycles. The summed E-state index contributed by atoms with van der Waals surface area (Å²) in [5.74, 6) is 3.29. The van der Waals surface area contributed by atoms with Gasteiger partial charge in [0.2, 0.25) is 5.89 Å². The fourth-order valence-corrected chi connectivity index (χ4v) is 2.17. The summed E-state index contributed by atoms with van der Waals surface area (Å²) in [5, 5.41) is 7.35. The third kappa shape index (κ3) is 2.12. The highest BCUT2D eigenvalue weighted by atomic mass is 16.5. The van der Waals surface area contributed by atoms with E-state index in [0.29, 0.717) is 17.9 Å². The van der Waals surface area contributed by atoms with Crippen molar-refractivity contribution in [3.63, 3.8) is 0 Å². The van der Waals surface area contributed by atoms with Gasteiger partial charge in [-0.2, -0.15) is 4.98 Å². The molecule has 1 aromatic rings. The first kappa shape index (κ1) is 11.6. The zero-order chi connectivity index (χ0) is 11.7. The molecule has 0 bridgehead atoms. The van der Waals surface area contributed by atoms with Crippen LogP contribution in [0.15, 0.2) is 4.52 Å². The SMILES string of the molecule is CCC(c1nc(C2CC2C)no1)C(C)NC. The van der Waals surface area contributed by atoms with E-state index in [2.05, 4.69) is 36.2 Å². The van der Waals surface area contributed by atoms with Crippen LogP contribution in [0.3, 0.4) is 0 Å². The highest BCUT2D eigenvalue weighted by molar-refractivity contribution is 5.09. The van der Waals surface area contributed by atoms with Gasteiger partial charge in [-0.05, 0) is 32.7 Å². The molecule has 0 radical (unpaired) electrons. The van der Waals surface area contributed by atoms with Crippen LogP contribution in [0.4, 0.5) is 0 Å². The predicted octanol–water partition coefficient (Wildman–Crippen LogP) is 2.29. The van der Waals surface area contributed by atoms with Crippen LogP contribution in [0.2, 0.25) is 0 Å². The summed E-state index contributed by atoms with van der Waals surface area (Å²) in [6.07, 6.45) is 2.22. The van der Waals surface area contributed by atoms with Crippen molar-refractivity contribution in [2.75, 3.05) is 7.05 Å². The van der Waals surface area contributed by atoms with Gasteiger partial charge in [-0.15, -0.1) is 0 Å². The van der Waals surface area contributed by atoms with Gasteiger partial charge in [0, 0.05) is 12.0 Å². The second kappa shape index (κ2) is 4.53. The van der Waals surface area contributed by atoms with Crippen LogP contribution >= 0.6 is 0 Å². The van der Waals surface area contributed by atoms with Crippen molar-refractivity contribution >= 4 is 0 Å². The summed E-state index contributed by atoms with van der Waals surface area (Å²) in [7, 11) is 1.97. The molecule has 90 valence electrons. The van der Waals surface area contributed by atoms with E-state index in [1.165, 1.54) is 6.42 Å². The van der Waals surface area contributed by atoms with Crippen molar-refractivity contribution in [2.24, 2.45) is 5.92 Å². The van der Waals surface area contributed by atoms with Crippen LogP contribution in [0.5, 0.6) is 0 Å². The van der Waals surface area contributed by atoms with Gasteiger partial charge >= 0.3 is 0 Å². The van der Waals surface area contributed by atoms with E-state index < -0.39 is 0 Å². The Morgan fingerprint density at radius 1 is 1.56 bits per heavy atom. The normalized spacial score (nSPS) is 27.8. The maximum atomic E-state index is 5.39. The number of hydrogen-bond donors (Lipinski definition) is 1. The maximum Gasteiger partial charge on any atom is 0.231 e. The quantitative estimate of drug-likeness (QED) is 0.832. The fraction of sp³-hybridized carbons (Fsp3) is 0.833. The molecule has 4 heteroatoms. The van der Waals surface area contributed by atoms with Gasteiger partial charge in [-0.1, -0.05) is 19.0 Å². The molecule has 0 aromatic carbocycles. The van der Waals surface area contributed by atoms with Crippen molar-refractivity contribution in [1.29, 1.82) is 0 Å². The van der Waals surface area contributed by atoms with Crippen LogP contribution in [0.25, 0.3) is 0 Å². The van der Waals surface area contributed by atoms with Gasteiger partial charge in [0.1, 0.15) is 0 Å². The molecule has 4 unspecified atom stereocenters. The van der Waals surface area contributed by atoms with E-state index in [1.807, 2.05) is 7.05 Å². The number of nitrogens with zero attached hydrogens (tertiary/aromatic N) is 2. The first-order valence-corrected chi connectivity index (χ1v) is 6.18. The minimum Gasteiger partial charge on any atom is -0.339 e. The number of rotatable bonds is 5. The molecule has 0 saturated heterocycles. The van der Waals surface area contributed by atoms with Gasteiger partial charge in [0.25, 0.3) is 0 Å². The molecule has 1 N–H and O–H groups in total. The van der Waals surface area contributed by atoms with Crippen LogP contribution < -0.4 is 5.32 Å². The molecule has 0 spiro atoms. The molecular weight excluding hydrogens is 202 g/mol. The molecular formula is C12H21N3O. The van der Waals surface area contributed by atoms with E-state index in [1.54, 1.807) is 0 Å². The second-order valence-electron chi connectivity index (χ2n) is 4.90. The van der Waals surface area contributed by atoms with E-state index in [-0.39, 0.29) is 0 Å². The molecule has 1 saturated carbocycles. The van der Waals surface area contributed by atoms with Crippen LogP contribution in [-0.2, 0) is 0 Å². The smallest absolute Gasteiger partial charge is 0.231 e. The highest BCUT2D eigenvalue weighted by Crippen LogP contribution is 2.45. The largest absolute Gasteiger partial charge is 0.339 e. The summed E-state index contributed by atoms with van der Waals surface area (Å²) in [6, 6.07) is 0.370. The van der Waals surface area contributed by atoms with Gasteiger partial charge in [0.05, 0.1) is 5.92 Å². The Hall–Kier alpha value is -0.900. The van der Waals surface area contributed by atoms with E-state index in [0.717, 1.165) is 24.1 Å². The number of nitrogens with one attached hydrogen (secondary N) is 1. The topological polar surface area (TPSA) is 51.0 Å². The van der Waals surface area contributed by atoms with E-state index in [4.69, 9.17) is 4.52 Å². The Bertz CT molecular complexity index is 350. The van der Waals surface area contributed by atoms with Crippen LogP contribution in [-0.4, -0.2) is 23.2 Å². The molecule has 1 heterocycles. The standard InChI is InChI=1S/C12H21N3O/c1-5-9(8(3)13-4)12-14-11(15-16-12)10-6-7(10)2/h7-10,13H,5-6H2,1-4H3. The lowest BCUT2D eigenvalue weighted by atomic mass is 9.98. The van der Waals surface area contributed by atoms with Crippen molar-refractivity contribution < 1.29 is 4.52 Å². The molecule has 1 fully saturated rings. The minimum absolute atomic E-state index is 0.320. The van der Waals surface area contributed by atoms with Crippen molar-refractivity contribution in [3.05, 3.63) is 11.7 Å². The molecule has 16 heavy (non-hydrogen) atoms. The molecule has 1 aliphatic rings. The maximum absolute atomic E-state index is 5.39. The lowest BCUT2D eigenvalue weighted by molar-refractivity contribution is 0.319. The number of aromatic nitrogens is 2. The average molecular weight is 223 g/mol. The minimum atomic E-state index is 0.320. The Kier molecular flexibility index (Phi) is 3.28. The van der Waals surface area contributed by atoms with Crippen LogP contribution in [0.1, 0.15) is 57.2 Å². The first-order valence-electron chi connectivity index (χ1n) is 6.18. The Balaban J connectivity index is 2.10. The molecule has 0 aliphatic heterocycles. The van der Waals surface area contributed by atoms with Crippen molar-refractivity contribution in [2.45, 2.75) is 51.5 Å². The van der Waals surface area contributed by atoms with E-state index in [9.17, 15) is 0 Å². The van der Waals surface area contributed by atoms with E-state index >= 15 is 0 Å². The highest BCUT2D eigenvalue weighted by Gasteiger charge is 2.38. The average Bonchev–Trinajstić information content (AvgIpc) is 2.82.